The number of hydrogen-bond acceptors (Lipinski definition) is 3. The third-order valence-electron chi connectivity index (χ3n) is 4.39. The Balaban J connectivity index is 1.83. The van der Waals surface area contributed by atoms with Crippen LogP contribution in [0.3, 0.4) is 0 Å². The van der Waals surface area contributed by atoms with Crippen molar-refractivity contribution in [1.29, 1.82) is 0 Å². The second kappa shape index (κ2) is 7.62. The first-order valence-corrected chi connectivity index (χ1v) is 8.00. The Labute approximate surface area is 121 Å². The van der Waals surface area contributed by atoms with Gasteiger partial charge in [0.25, 0.3) is 0 Å². The quantitative estimate of drug-likeness (QED) is 0.804. The van der Waals surface area contributed by atoms with Crippen LogP contribution < -0.4 is 10.6 Å². The lowest BCUT2D eigenvalue weighted by Gasteiger charge is -2.35. The Hall–Kier alpha value is -1.10. The first-order valence-electron chi connectivity index (χ1n) is 8.00. The van der Waals surface area contributed by atoms with E-state index < -0.39 is 0 Å². The van der Waals surface area contributed by atoms with Gasteiger partial charge in [0.15, 0.2) is 0 Å². The molecule has 0 aromatic rings. The molecule has 2 rings (SSSR count). The summed E-state index contributed by atoms with van der Waals surface area (Å²) >= 11 is 0. The average Bonchev–Trinajstić information content (AvgIpc) is 2.52. The number of nitrogens with zero attached hydrogens (tertiary/aromatic N) is 1. The number of amides is 2. The molecule has 2 aliphatic heterocycles. The minimum atomic E-state index is -0.243. The van der Waals surface area contributed by atoms with Crippen molar-refractivity contribution < 1.29 is 9.59 Å². The van der Waals surface area contributed by atoms with Crippen molar-refractivity contribution in [2.45, 2.75) is 51.5 Å². The fraction of sp³-hybridized carbons (Fsp3) is 0.867. The van der Waals surface area contributed by atoms with Crippen LogP contribution in [0.25, 0.3) is 0 Å². The molecule has 2 saturated heterocycles. The predicted molar refractivity (Wildman–Crippen MR) is 78.2 cm³/mol. The Morgan fingerprint density at radius 1 is 1.25 bits per heavy atom. The van der Waals surface area contributed by atoms with Crippen LogP contribution >= 0.6 is 0 Å². The Kier molecular flexibility index (Phi) is 5.83. The van der Waals surface area contributed by atoms with Crippen molar-refractivity contribution in [3.8, 4) is 0 Å². The van der Waals surface area contributed by atoms with Gasteiger partial charge in [-0.15, -0.1) is 0 Å². The van der Waals surface area contributed by atoms with Gasteiger partial charge in [0, 0.05) is 19.5 Å². The van der Waals surface area contributed by atoms with Crippen molar-refractivity contribution in [2.75, 3.05) is 26.2 Å². The number of nitrogens with one attached hydrogen (secondary N) is 2. The summed E-state index contributed by atoms with van der Waals surface area (Å²) in [5, 5.41) is 6.42. The lowest BCUT2D eigenvalue weighted by atomic mass is 9.98. The lowest BCUT2D eigenvalue weighted by Crippen LogP contribution is -2.52. The maximum Gasteiger partial charge on any atom is 0.242 e. The van der Waals surface area contributed by atoms with Crippen LogP contribution in [0.15, 0.2) is 0 Å². The van der Waals surface area contributed by atoms with Crippen LogP contribution in [-0.4, -0.2) is 48.9 Å². The van der Waals surface area contributed by atoms with Crippen molar-refractivity contribution in [1.82, 2.24) is 15.5 Å². The van der Waals surface area contributed by atoms with Crippen LogP contribution in [0.5, 0.6) is 0 Å². The number of hydrogen-bond donors (Lipinski definition) is 2. The third kappa shape index (κ3) is 3.95. The fourth-order valence-corrected chi connectivity index (χ4v) is 3.17. The van der Waals surface area contributed by atoms with E-state index in [1.165, 1.54) is 12.8 Å². The zero-order valence-electron chi connectivity index (χ0n) is 12.5. The van der Waals surface area contributed by atoms with Crippen molar-refractivity contribution in [3.05, 3.63) is 0 Å². The number of rotatable bonds is 4. The van der Waals surface area contributed by atoms with Gasteiger partial charge in [0.05, 0.1) is 0 Å². The van der Waals surface area contributed by atoms with Crippen LogP contribution in [0, 0.1) is 5.92 Å². The van der Waals surface area contributed by atoms with Gasteiger partial charge in [-0.05, 0) is 51.1 Å². The molecular weight excluding hydrogens is 254 g/mol. The molecular formula is C15H27N3O2. The molecule has 2 amide bonds. The maximum atomic E-state index is 12.3. The van der Waals surface area contributed by atoms with Gasteiger partial charge in [0.1, 0.15) is 6.04 Å². The predicted octanol–water partition coefficient (Wildman–Crippen LogP) is 0.893. The maximum absolute atomic E-state index is 12.3. The van der Waals surface area contributed by atoms with Crippen molar-refractivity contribution in [3.63, 3.8) is 0 Å². The summed E-state index contributed by atoms with van der Waals surface area (Å²) in [6, 6.07) is -0.243. The summed E-state index contributed by atoms with van der Waals surface area (Å²) < 4.78 is 0. The normalized spacial score (nSPS) is 27.1. The molecule has 2 unspecified atom stereocenters. The Morgan fingerprint density at radius 3 is 2.80 bits per heavy atom. The zero-order valence-corrected chi connectivity index (χ0v) is 12.5. The van der Waals surface area contributed by atoms with E-state index in [-0.39, 0.29) is 17.9 Å². The molecule has 2 fully saturated rings. The van der Waals surface area contributed by atoms with E-state index in [1.54, 1.807) is 4.90 Å². The van der Waals surface area contributed by atoms with Gasteiger partial charge in [0.2, 0.25) is 11.8 Å². The minimum Gasteiger partial charge on any atom is -0.354 e. The molecule has 0 aromatic heterocycles. The molecule has 5 nitrogen and oxygen atoms in total. The van der Waals surface area contributed by atoms with Crippen LogP contribution in [0.1, 0.15) is 45.4 Å². The van der Waals surface area contributed by atoms with Gasteiger partial charge in [-0.3, -0.25) is 9.59 Å². The molecule has 0 spiro atoms. The van der Waals surface area contributed by atoms with Crippen LogP contribution in [-0.2, 0) is 9.59 Å². The molecule has 2 atom stereocenters. The molecule has 0 aliphatic carbocycles. The fourth-order valence-electron chi connectivity index (χ4n) is 3.17. The standard InChI is InChI=1S/C15H27N3O2/c1-2-14(19)18-9-4-3-7-13(18)15(20)17-11-12-6-5-8-16-10-12/h12-13,16H,2-11H2,1H3,(H,17,20). The Bertz CT molecular complexity index is 340. The van der Waals surface area contributed by atoms with Gasteiger partial charge >= 0.3 is 0 Å². The van der Waals surface area contributed by atoms with Gasteiger partial charge < -0.3 is 15.5 Å². The van der Waals surface area contributed by atoms with E-state index in [4.69, 9.17) is 0 Å². The number of carbonyl (C=O) groups is 2. The number of piperidine rings is 2. The summed E-state index contributed by atoms with van der Waals surface area (Å²) in [6.45, 7) is 5.40. The summed E-state index contributed by atoms with van der Waals surface area (Å²) in [6.07, 6.45) is 5.70. The van der Waals surface area contributed by atoms with E-state index in [9.17, 15) is 9.59 Å². The van der Waals surface area contributed by atoms with E-state index in [0.29, 0.717) is 12.3 Å². The molecule has 0 saturated carbocycles. The monoisotopic (exact) mass is 281 g/mol. The molecule has 0 radical (unpaired) electrons. The number of likely N-dealkylation sites (tertiary alicyclic amines) is 1. The molecule has 0 bridgehead atoms. The Morgan fingerprint density at radius 2 is 2.10 bits per heavy atom. The van der Waals surface area contributed by atoms with Crippen LogP contribution in [0.4, 0.5) is 0 Å². The van der Waals surface area contributed by atoms with Gasteiger partial charge in [-0.1, -0.05) is 6.92 Å². The lowest BCUT2D eigenvalue weighted by molar-refractivity contribution is -0.142. The molecule has 2 heterocycles. The summed E-state index contributed by atoms with van der Waals surface area (Å²) in [5.41, 5.74) is 0. The third-order valence-corrected chi connectivity index (χ3v) is 4.39. The van der Waals surface area contributed by atoms with E-state index >= 15 is 0 Å². The van der Waals surface area contributed by atoms with E-state index in [1.807, 2.05) is 6.92 Å². The SMILES string of the molecule is CCC(=O)N1CCCCC1C(=O)NCC1CCCNC1. The molecule has 0 aromatic carbocycles. The highest BCUT2D eigenvalue weighted by Crippen LogP contribution is 2.18. The molecule has 2 aliphatic rings. The highest BCUT2D eigenvalue weighted by atomic mass is 16.2. The molecule has 114 valence electrons. The van der Waals surface area contributed by atoms with E-state index in [0.717, 1.165) is 45.4 Å². The van der Waals surface area contributed by atoms with Crippen molar-refractivity contribution >= 4 is 11.8 Å². The summed E-state index contributed by atoms with van der Waals surface area (Å²) in [5.74, 6) is 0.674. The van der Waals surface area contributed by atoms with Gasteiger partial charge in [-0.25, -0.2) is 0 Å². The number of carbonyl (C=O) groups excluding carboxylic acids is 2. The highest BCUT2D eigenvalue weighted by molar-refractivity contribution is 5.87. The second-order valence-corrected chi connectivity index (χ2v) is 5.91. The molecule has 2 N–H and O–H groups in total. The van der Waals surface area contributed by atoms with Gasteiger partial charge in [-0.2, -0.15) is 0 Å². The zero-order chi connectivity index (χ0) is 14.4. The average molecular weight is 281 g/mol. The second-order valence-electron chi connectivity index (χ2n) is 5.91. The largest absolute Gasteiger partial charge is 0.354 e. The van der Waals surface area contributed by atoms with E-state index in [2.05, 4.69) is 10.6 Å². The first-order chi connectivity index (χ1) is 9.72. The summed E-state index contributed by atoms with van der Waals surface area (Å²) in [7, 11) is 0. The smallest absolute Gasteiger partial charge is 0.242 e. The molecule has 20 heavy (non-hydrogen) atoms. The van der Waals surface area contributed by atoms with Crippen LogP contribution in [0.2, 0.25) is 0 Å². The molecule has 5 heteroatoms. The minimum absolute atomic E-state index is 0.0390. The van der Waals surface area contributed by atoms with Crippen molar-refractivity contribution in [2.24, 2.45) is 5.92 Å². The highest BCUT2D eigenvalue weighted by Gasteiger charge is 2.31. The first kappa shape index (κ1) is 15.3. The summed E-state index contributed by atoms with van der Waals surface area (Å²) in [4.78, 5) is 26.0. The topological polar surface area (TPSA) is 61.4 Å².